The molecule has 0 spiro atoms. The molecule has 0 saturated heterocycles. The average molecular weight is 242 g/mol. The number of anilines is 1. The lowest BCUT2D eigenvalue weighted by atomic mass is 10.1. The highest BCUT2D eigenvalue weighted by Gasteiger charge is 1.97. The van der Waals surface area contributed by atoms with Crippen molar-refractivity contribution in [2.75, 3.05) is 11.9 Å². The fraction of sp³-hybridized carbons (Fsp3) is 0.286. The summed E-state index contributed by atoms with van der Waals surface area (Å²) in [7, 11) is 0. The monoisotopic (exact) mass is 242 g/mol. The van der Waals surface area contributed by atoms with Crippen LogP contribution in [0.25, 0.3) is 11.3 Å². The molecule has 0 fully saturated rings. The Balaban J connectivity index is 1.90. The number of imidazole rings is 1. The Morgan fingerprint density at radius 1 is 1.33 bits per heavy atom. The summed E-state index contributed by atoms with van der Waals surface area (Å²) >= 11 is 0. The summed E-state index contributed by atoms with van der Waals surface area (Å²) < 4.78 is 0. The van der Waals surface area contributed by atoms with Crippen LogP contribution in [0.4, 0.5) is 5.69 Å². The van der Waals surface area contributed by atoms with Gasteiger partial charge >= 0.3 is 0 Å². The van der Waals surface area contributed by atoms with Gasteiger partial charge in [0.25, 0.3) is 0 Å². The van der Waals surface area contributed by atoms with Gasteiger partial charge in [0.2, 0.25) is 0 Å². The third kappa shape index (κ3) is 3.45. The Morgan fingerprint density at radius 3 is 2.83 bits per heavy atom. The Hall–Kier alpha value is -2.10. The Labute approximate surface area is 107 Å². The van der Waals surface area contributed by atoms with E-state index in [1.54, 1.807) is 12.7 Å². The molecule has 18 heavy (non-hydrogen) atoms. The summed E-state index contributed by atoms with van der Waals surface area (Å²) in [6, 6.07) is 8.16. The maximum atomic E-state index is 4.28. The summed E-state index contributed by atoms with van der Waals surface area (Å²) in [6.07, 6.45) is 7.57. The minimum absolute atomic E-state index is 0.885. The first-order valence-electron chi connectivity index (χ1n) is 6.24. The third-order valence-electron chi connectivity index (χ3n) is 2.66. The fourth-order valence-electron chi connectivity index (χ4n) is 1.59. The van der Waals surface area contributed by atoms with E-state index in [2.05, 4.69) is 39.3 Å². The van der Waals surface area contributed by atoms with Gasteiger partial charge in [-0.1, -0.05) is 25.5 Å². The molecular formula is C14H18N4. The van der Waals surface area contributed by atoms with E-state index in [1.807, 2.05) is 18.3 Å². The van der Waals surface area contributed by atoms with Gasteiger partial charge in [-0.15, -0.1) is 0 Å². The second kappa shape index (κ2) is 6.59. The molecule has 0 radical (unpaired) electrons. The average Bonchev–Trinajstić information content (AvgIpc) is 2.93. The number of unbranched alkanes of at least 4 members (excludes halogenated alkanes) is 1. The number of aromatic amines is 1. The second-order valence-electron chi connectivity index (χ2n) is 4.08. The minimum atomic E-state index is 0.885. The molecule has 0 aliphatic carbocycles. The molecular weight excluding hydrogens is 224 g/mol. The van der Waals surface area contributed by atoms with E-state index in [0.717, 1.165) is 29.9 Å². The molecule has 2 aromatic rings. The van der Waals surface area contributed by atoms with E-state index < -0.39 is 0 Å². The molecule has 1 heterocycles. The quantitative estimate of drug-likeness (QED) is 0.464. The van der Waals surface area contributed by atoms with Crippen molar-refractivity contribution < 1.29 is 0 Å². The Morgan fingerprint density at radius 2 is 2.17 bits per heavy atom. The molecule has 2 rings (SSSR count). The van der Waals surface area contributed by atoms with Crippen molar-refractivity contribution in [1.29, 1.82) is 0 Å². The van der Waals surface area contributed by atoms with Gasteiger partial charge in [0.15, 0.2) is 0 Å². The fourth-order valence-corrected chi connectivity index (χ4v) is 1.59. The van der Waals surface area contributed by atoms with Gasteiger partial charge in [0.05, 0.1) is 24.6 Å². The van der Waals surface area contributed by atoms with Crippen LogP contribution in [0.15, 0.2) is 41.8 Å². The van der Waals surface area contributed by atoms with E-state index >= 15 is 0 Å². The van der Waals surface area contributed by atoms with Gasteiger partial charge < -0.3 is 10.3 Å². The van der Waals surface area contributed by atoms with Crippen LogP contribution in [0.1, 0.15) is 19.8 Å². The summed E-state index contributed by atoms with van der Waals surface area (Å²) in [5.41, 5.74) is 3.19. The molecule has 0 saturated carbocycles. The number of nitrogens with one attached hydrogen (secondary N) is 2. The van der Waals surface area contributed by atoms with Gasteiger partial charge in [-0.3, -0.25) is 4.99 Å². The molecule has 0 aliphatic rings. The molecule has 0 atom stereocenters. The number of rotatable bonds is 6. The summed E-state index contributed by atoms with van der Waals surface area (Å²) in [6.45, 7) is 3.05. The topological polar surface area (TPSA) is 53.1 Å². The largest absolute Gasteiger partial charge is 0.347 e. The molecule has 2 N–H and O–H groups in total. The lowest BCUT2D eigenvalue weighted by Crippen LogP contribution is -1.95. The van der Waals surface area contributed by atoms with Crippen LogP contribution in [0.3, 0.4) is 0 Å². The van der Waals surface area contributed by atoms with Gasteiger partial charge in [0, 0.05) is 12.2 Å². The smallest absolute Gasteiger partial charge is 0.0924 e. The van der Waals surface area contributed by atoms with Crippen LogP contribution in [-0.2, 0) is 0 Å². The molecule has 4 nitrogen and oxygen atoms in total. The van der Waals surface area contributed by atoms with E-state index in [0.29, 0.717) is 0 Å². The van der Waals surface area contributed by atoms with Crippen LogP contribution < -0.4 is 5.32 Å². The van der Waals surface area contributed by atoms with Crippen molar-refractivity contribution in [2.24, 2.45) is 4.99 Å². The molecule has 0 amide bonds. The highest BCUT2D eigenvalue weighted by atomic mass is 14.9. The maximum absolute atomic E-state index is 4.28. The van der Waals surface area contributed by atoms with Crippen LogP contribution >= 0.6 is 0 Å². The first-order valence-corrected chi connectivity index (χ1v) is 6.24. The van der Waals surface area contributed by atoms with E-state index in [4.69, 9.17) is 0 Å². The summed E-state index contributed by atoms with van der Waals surface area (Å²) in [5.74, 6) is 0. The Kier molecular flexibility index (Phi) is 4.53. The number of aromatic nitrogens is 2. The summed E-state index contributed by atoms with van der Waals surface area (Å²) in [5, 5.41) is 3.16. The van der Waals surface area contributed by atoms with E-state index in [-0.39, 0.29) is 0 Å². The molecule has 94 valence electrons. The van der Waals surface area contributed by atoms with Crippen molar-refractivity contribution in [3.05, 3.63) is 36.8 Å². The van der Waals surface area contributed by atoms with E-state index in [1.165, 1.54) is 6.42 Å². The zero-order valence-electron chi connectivity index (χ0n) is 10.6. The first kappa shape index (κ1) is 12.4. The van der Waals surface area contributed by atoms with Crippen molar-refractivity contribution in [2.45, 2.75) is 19.8 Å². The molecule has 1 aromatic carbocycles. The number of nitrogens with zero attached hydrogens (tertiary/aromatic N) is 2. The summed E-state index contributed by atoms with van der Waals surface area (Å²) in [4.78, 5) is 11.4. The van der Waals surface area contributed by atoms with Gasteiger partial charge in [-0.2, -0.15) is 0 Å². The molecule has 0 bridgehead atoms. The number of aliphatic imine (C=N–C) groups is 1. The number of hydrogen-bond acceptors (Lipinski definition) is 2. The molecule has 4 heteroatoms. The SMILES string of the molecule is CCCCN=CNc1ccc(-c2cnc[nH]2)cc1. The molecule has 1 aromatic heterocycles. The van der Waals surface area contributed by atoms with Crippen molar-refractivity contribution in [3.63, 3.8) is 0 Å². The number of hydrogen-bond donors (Lipinski definition) is 2. The normalized spacial score (nSPS) is 10.9. The van der Waals surface area contributed by atoms with Crippen LogP contribution in [0, 0.1) is 0 Å². The first-order chi connectivity index (χ1) is 8.90. The second-order valence-corrected chi connectivity index (χ2v) is 4.08. The van der Waals surface area contributed by atoms with Gasteiger partial charge in [-0.25, -0.2) is 4.98 Å². The molecule has 0 unspecified atom stereocenters. The predicted octanol–water partition coefficient (Wildman–Crippen LogP) is 3.32. The highest BCUT2D eigenvalue weighted by Crippen LogP contribution is 2.18. The predicted molar refractivity (Wildman–Crippen MR) is 75.9 cm³/mol. The van der Waals surface area contributed by atoms with Crippen LogP contribution in [0.2, 0.25) is 0 Å². The minimum Gasteiger partial charge on any atom is -0.347 e. The maximum Gasteiger partial charge on any atom is 0.0924 e. The van der Waals surface area contributed by atoms with E-state index in [9.17, 15) is 0 Å². The van der Waals surface area contributed by atoms with Crippen molar-refractivity contribution >= 4 is 12.0 Å². The van der Waals surface area contributed by atoms with Crippen LogP contribution in [0.5, 0.6) is 0 Å². The van der Waals surface area contributed by atoms with Gasteiger partial charge in [-0.05, 0) is 24.1 Å². The van der Waals surface area contributed by atoms with Gasteiger partial charge in [0.1, 0.15) is 0 Å². The lowest BCUT2D eigenvalue weighted by Gasteiger charge is -2.02. The highest BCUT2D eigenvalue weighted by molar-refractivity contribution is 5.76. The van der Waals surface area contributed by atoms with Crippen molar-refractivity contribution in [3.8, 4) is 11.3 Å². The standard InChI is InChI=1S/C14H18N4/c1-2-3-8-15-10-17-13-6-4-12(5-7-13)14-9-16-11-18-14/h4-7,9-11H,2-3,8H2,1H3,(H,15,17)(H,16,18). The van der Waals surface area contributed by atoms with Crippen molar-refractivity contribution in [1.82, 2.24) is 9.97 Å². The number of H-pyrrole nitrogens is 1. The number of benzene rings is 1. The van der Waals surface area contributed by atoms with Crippen LogP contribution in [-0.4, -0.2) is 22.9 Å². The lowest BCUT2D eigenvalue weighted by molar-refractivity contribution is 0.810. The third-order valence-corrected chi connectivity index (χ3v) is 2.66. The molecule has 0 aliphatic heterocycles. The Bertz CT molecular complexity index is 471. The zero-order chi connectivity index (χ0) is 12.6. The zero-order valence-corrected chi connectivity index (χ0v) is 10.6.